The SMILES string of the molecule is CCCCCCCCCCCCCCCCC(=O)OC[C@H](COC(=O)CCCCCCCCCCCCC(C)CC)OC(=O)CCCCCCCCCCCCCCCCCCCCC(C)CC. The van der Waals surface area contributed by atoms with Crippen molar-refractivity contribution in [2.75, 3.05) is 13.2 Å². The minimum absolute atomic E-state index is 0.0623. The van der Waals surface area contributed by atoms with E-state index in [1.807, 2.05) is 0 Å². The Labute approximate surface area is 425 Å². The lowest BCUT2D eigenvalue weighted by atomic mass is 9.99. The number of esters is 3. The molecule has 2 unspecified atom stereocenters. The third kappa shape index (κ3) is 52.2. The van der Waals surface area contributed by atoms with Gasteiger partial charge in [-0.3, -0.25) is 14.4 Å². The number of rotatable bonds is 56. The van der Waals surface area contributed by atoms with E-state index in [0.29, 0.717) is 19.3 Å². The molecular formula is C62H120O6. The predicted octanol–water partition coefficient (Wildman–Crippen LogP) is 20.4. The summed E-state index contributed by atoms with van der Waals surface area (Å²) < 4.78 is 16.9. The van der Waals surface area contributed by atoms with Crippen LogP contribution in [0.25, 0.3) is 0 Å². The first-order valence-electron chi connectivity index (χ1n) is 30.8. The molecule has 6 nitrogen and oxygen atoms in total. The molecule has 0 rings (SSSR count). The van der Waals surface area contributed by atoms with E-state index in [2.05, 4.69) is 34.6 Å². The largest absolute Gasteiger partial charge is 0.462 e. The lowest BCUT2D eigenvalue weighted by molar-refractivity contribution is -0.167. The van der Waals surface area contributed by atoms with Crippen LogP contribution < -0.4 is 0 Å². The van der Waals surface area contributed by atoms with E-state index in [-0.39, 0.29) is 31.1 Å². The molecule has 6 heteroatoms. The van der Waals surface area contributed by atoms with Crippen molar-refractivity contribution in [2.24, 2.45) is 11.8 Å². The van der Waals surface area contributed by atoms with E-state index in [9.17, 15) is 14.4 Å². The van der Waals surface area contributed by atoms with Gasteiger partial charge in [-0.25, -0.2) is 0 Å². The van der Waals surface area contributed by atoms with Gasteiger partial charge in [-0.05, 0) is 31.1 Å². The normalized spacial score (nSPS) is 12.8. The molecule has 0 aromatic rings. The third-order valence-electron chi connectivity index (χ3n) is 14.9. The van der Waals surface area contributed by atoms with Crippen LogP contribution >= 0.6 is 0 Å². The Morgan fingerprint density at radius 2 is 0.515 bits per heavy atom. The molecule has 0 amide bonds. The summed E-state index contributed by atoms with van der Waals surface area (Å²) in [6, 6.07) is 0. The maximum absolute atomic E-state index is 12.9. The number of carbonyl (C=O) groups is 3. The fourth-order valence-corrected chi connectivity index (χ4v) is 9.52. The van der Waals surface area contributed by atoms with Gasteiger partial charge in [0.05, 0.1) is 0 Å². The molecule has 0 saturated heterocycles. The Hall–Kier alpha value is -1.59. The Bertz CT molecular complexity index is 1040. The summed E-state index contributed by atoms with van der Waals surface area (Å²) in [4.78, 5) is 38.2. The van der Waals surface area contributed by atoms with E-state index in [0.717, 1.165) is 69.6 Å². The first-order valence-corrected chi connectivity index (χ1v) is 30.8. The zero-order valence-corrected chi connectivity index (χ0v) is 46.7. The van der Waals surface area contributed by atoms with Crippen molar-refractivity contribution in [3.05, 3.63) is 0 Å². The molecule has 0 aromatic carbocycles. The van der Waals surface area contributed by atoms with E-state index < -0.39 is 6.10 Å². The minimum Gasteiger partial charge on any atom is -0.462 e. The molecule has 0 heterocycles. The van der Waals surface area contributed by atoms with Gasteiger partial charge < -0.3 is 14.2 Å². The summed E-state index contributed by atoms with van der Waals surface area (Å²) in [5, 5.41) is 0. The fraction of sp³-hybridized carbons (Fsp3) is 0.952. The Balaban J connectivity index is 4.26. The molecule has 0 spiro atoms. The summed E-state index contributed by atoms with van der Waals surface area (Å²) in [5.74, 6) is 0.943. The second-order valence-corrected chi connectivity index (χ2v) is 21.8. The topological polar surface area (TPSA) is 78.9 Å². The first-order chi connectivity index (χ1) is 33.3. The number of ether oxygens (including phenoxy) is 3. The first kappa shape index (κ1) is 66.4. The predicted molar refractivity (Wildman–Crippen MR) is 293 cm³/mol. The molecular weight excluding hydrogens is 841 g/mol. The Morgan fingerprint density at radius 3 is 0.765 bits per heavy atom. The van der Waals surface area contributed by atoms with Crippen LogP contribution in [0.1, 0.15) is 349 Å². The van der Waals surface area contributed by atoms with Crippen molar-refractivity contribution in [1.82, 2.24) is 0 Å². The van der Waals surface area contributed by atoms with Crippen LogP contribution in [-0.2, 0) is 28.6 Å². The van der Waals surface area contributed by atoms with Crippen molar-refractivity contribution < 1.29 is 28.6 Å². The molecule has 0 aliphatic rings. The average Bonchev–Trinajstić information content (AvgIpc) is 3.34. The summed E-state index contributed by atoms with van der Waals surface area (Å²) >= 11 is 0. The maximum Gasteiger partial charge on any atom is 0.306 e. The minimum atomic E-state index is -0.763. The quantitative estimate of drug-likeness (QED) is 0.0343. The molecule has 0 saturated carbocycles. The molecule has 0 aliphatic heterocycles. The molecule has 0 aromatic heterocycles. The zero-order chi connectivity index (χ0) is 49.6. The summed E-state index contributed by atoms with van der Waals surface area (Å²) in [5.41, 5.74) is 0. The number of hydrogen-bond acceptors (Lipinski definition) is 6. The van der Waals surface area contributed by atoms with Gasteiger partial charge in [0.1, 0.15) is 13.2 Å². The number of hydrogen-bond donors (Lipinski definition) is 0. The summed E-state index contributed by atoms with van der Waals surface area (Å²) in [6.07, 6.45) is 59.4. The molecule has 68 heavy (non-hydrogen) atoms. The third-order valence-corrected chi connectivity index (χ3v) is 14.9. The van der Waals surface area contributed by atoms with Crippen LogP contribution in [0.15, 0.2) is 0 Å². The van der Waals surface area contributed by atoms with E-state index >= 15 is 0 Å². The second-order valence-electron chi connectivity index (χ2n) is 21.8. The number of unbranched alkanes of at least 4 members (excludes halogenated alkanes) is 39. The highest BCUT2D eigenvalue weighted by Crippen LogP contribution is 2.19. The van der Waals surface area contributed by atoms with Gasteiger partial charge >= 0.3 is 17.9 Å². The maximum atomic E-state index is 12.9. The molecule has 0 bridgehead atoms. The van der Waals surface area contributed by atoms with Crippen LogP contribution in [0.2, 0.25) is 0 Å². The van der Waals surface area contributed by atoms with Crippen molar-refractivity contribution in [1.29, 1.82) is 0 Å². The summed E-state index contributed by atoms with van der Waals surface area (Å²) in [7, 11) is 0. The van der Waals surface area contributed by atoms with Crippen molar-refractivity contribution in [3.63, 3.8) is 0 Å². The molecule has 0 fully saturated rings. The highest BCUT2D eigenvalue weighted by atomic mass is 16.6. The molecule has 0 aliphatic carbocycles. The second kappa shape index (κ2) is 54.7. The van der Waals surface area contributed by atoms with Crippen LogP contribution in [0.3, 0.4) is 0 Å². The van der Waals surface area contributed by atoms with Crippen molar-refractivity contribution in [2.45, 2.75) is 355 Å². The van der Waals surface area contributed by atoms with Crippen LogP contribution in [0.4, 0.5) is 0 Å². The Morgan fingerprint density at radius 1 is 0.294 bits per heavy atom. The monoisotopic (exact) mass is 961 g/mol. The van der Waals surface area contributed by atoms with Gasteiger partial charge in [-0.1, -0.05) is 311 Å². The standard InChI is InChI=1S/C62H120O6/c1-6-9-10-11-12-13-14-15-23-26-32-37-42-47-52-60(63)66-55-59(56-67-61(64)53-48-43-38-33-29-28-31-36-41-46-51-58(5)8-3)68-62(65)54-49-44-39-34-27-24-21-19-17-16-18-20-22-25-30-35-40-45-50-57(4)7-2/h57-59H,6-56H2,1-5H3/t57?,58?,59-/m1/s1. The highest BCUT2D eigenvalue weighted by Gasteiger charge is 2.19. The molecule has 3 atom stereocenters. The Kier molecular flexibility index (Phi) is 53.5. The smallest absolute Gasteiger partial charge is 0.306 e. The van der Waals surface area contributed by atoms with E-state index in [1.54, 1.807) is 0 Å². The molecule has 404 valence electrons. The van der Waals surface area contributed by atoms with Gasteiger partial charge in [0.25, 0.3) is 0 Å². The number of carbonyl (C=O) groups excluding carboxylic acids is 3. The van der Waals surface area contributed by atoms with E-state index in [4.69, 9.17) is 14.2 Å². The average molecular weight is 962 g/mol. The van der Waals surface area contributed by atoms with Gasteiger partial charge in [0.15, 0.2) is 6.10 Å². The van der Waals surface area contributed by atoms with Gasteiger partial charge in [-0.2, -0.15) is 0 Å². The lowest BCUT2D eigenvalue weighted by Gasteiger charge is -2.18. The van der Waals surface area contributed by atoms with Crippen LogP contribution in [-0.4, -0.2) is 37.2 Å². The van der Waals surface area contributed by atoms with Crippen LogP contribution in [0, 0.1) is 11.8 Å². The van der Waals surface area contributed by atoms with E-state index in [1.165, 1.54) is 238 Å². The summed E-state index contributed by atoms with van der Waals surface area (Å²) in [6.45, 7) is 11.5. The fourth-order valence-electron chi connectivity index (χ4n) is 9.52. The highest BCUT2D eigenvalue weighted by molar-refractivity contribution is 5.71. The van der Waals surface area contributed by atoms with Crippen LogP contribution in [0.5, 0.6) is 0 Å². The molecule has 0 N–H and O–H groups in total. The zero-order valence-electron chi connectivity index (χ0n) is 46.7. The van der Waals surface area contributed by atoms with Crippen molar-refractivity contribution in [3.8, 4) is 0 Å². The van der Waals surface area contributed by atoms with Gasteiger partial charge in [-0.15, -0.1) is 0 Å². The molecule has 0 radical (unpaired) electrons. The van der Waals surface area contributed by atoms with Crippen molar-refractivity contribution >= 4 is 17.9 Å². The van der Waals surface area contributed by atoms with Gasteiger partial charge in [0.2, 0.25) is 0 Å². The van der Waals surface area contributed by atoms with Gasteiger partial charge in [0, 0.05) is 19.3 Å². The lowest BCUT2D eigenvalue weighted by Crippen LogP contribution is -2.30.